The first-order valence-corrected chi connectivity index (χ1v) is 5.80. The third kappa shape index (κ3) is 3.97. The quantitative estimate of drug-likeness (QED) is 0.602. The predicted octanol–water partition coefficient (Wildman–Crippen LogP) is 3.20. The van der Waals surface area contributed by atoms with Crippen molar-refractivity contribution in [3.05, 3.63) is 34.9 Å². The van der Waals surface area contributed by atoms with Gasteiger partial charge in [-0.2, -0.15) is 0 Å². The topological polar surface area (TPSA) is 26.3 Å². The summed E-state index contributed by atoms with van der Waals surface area (Å²) in [6.07, 6.45) is 0.349. The second kappa shape index (κ2) is 6.55. The third-order valence-electron chi connectivity index (χ3n) is 2.26. The van der Waals surface area contributed by atoms with E-state index in [1.807, 2.05) is 0 Å². The molecule has 2 nitrogen and oxygen atoms in total. The number of hydrogen-bond donors (Lipinski definition) is 0. The van der Waals surface area contributed by atoms with Crippen LogP contribution in [0.3, 0.4) is 0 Å². The number of esters is 1. The molecule has 0 fully saturated rings. The maximum atomic E-state index is 13.3. The molecule has 0 aliphatic heterocycles. The molecule has 0 aliphatic carbocycles. The summed E-state index contributed by atoms with van der Waals surface area (Å²) in [5, 5.41) is 0. The zero-order valence-electron chi connectivity index (χ0n) is 9.43. The van der Waals surface area contributed by atoms with Gasteiger partial charge in [-0.05, 0) is 31.0 Å². The number of carbonyl (C=O) groups is 1. The number of halogens is 3. The van der Waals surface area contributed by atoms with Crippen molar-refractivity contribution in [3.63, 3.8) is 0 Å². The van der Waals surface area contributed by atoms with Crippen molar-refractivity contribution >= 4 is 17.6 Å². The zero-order chi connectivity index (χ0) is 12.8. The number of ether oxygens (including phenoxy) is 1. The molecule has 0 radical (unpaired) electrons. The first-order valence-electron chi connectivity index (χ1n) is 5.26. The number of carbonyl (C=O) groups excluding carboxylic acids is 1. The van der Waals surface area contributed by atoms with Gasteiger partial charge in [0.2, 0.25) is 0 Å². The number of aryl methyl sites for hydroxylation is 1. The molecule has 0 heterocycles. The van der Waals surface area contributed by atoms with Gasteiger partial charge in [-0.3, -0.25) is 4.79 Å². The van der Waals surface area contributed by atoms with E-state index in [9.17, 15) is 13.6 Å². The Balaban J connectivity index is 2.70. The summed E-state index contributed by atoms with van der Waals surface area (Å²) in [6, 6.07) is 2.39. The lowest BCUT2D eigenvalue weighted by Crippen LogP contribution is -2.06. The van der Waals surface area contributed by atoms with E-state index in [1.54, 1.807) is 6.92 Å². The Bertz CT molecular complexity index is 384. The van der Waals surface area contributed by atoms with Crippen molar-refractivity contribution in [2.45, 2.75) is 25.6 Å². The Hall–Kier alpha value is -1.16. The average molecular weight is 263 g/mol. The fourth-order valence-electron chi connectivity index (χ4n) is 1.41. The Kier molecular flexibility index (Phi) is 5.35. The van der Waals surface area contributed by atoms with Crippen LogP contribution < -0.4 is 0 Å². The summed E-state index contributed by atoms with van der Waals surface area (Å²) < 4.78 is 31.4. The lowest BCUT2D eigenvalue weighted by molar-refractivity contribution is -0.143. The number of hydrogen-bond acceptors (Lipinski definition) is 2. The average Bonchev–Trinajstić information content (AvgIpc) is 2.26. The summed E-state index contributed by atoms with van der Waals surface area (Å²) in [4.78, 5) is 11.1. The molecular weight excluding hydrogens is 250 g/mol. The highest BCUT2D eigenvalue weighted by Gasteiger charge is 2.11. The molecule has 5 heteroatoms. The predicted molar refractivity (Wildman–Crippen MR) is 60.9 cm³/mol. The summed E-state index contributed by atoms with van der Waals surface area (Å²) in [5.74, 6) is -1.96. The van der Waals surface area contributed by atoms with Crippen molar-refractivity contribution in [1.82, 2.24) is 0 Å². The first-order chi connectivity index (χ1) is 8.08. The van der Waals surface area contributed by atoms with Gasteiger partial charge >= 0.3 is 5.97 Å². The highest BCUT2D eigenvalue weighted by atomic mass is 35.5. The van der Waals surface area contributed by atoms with Gasteiger partial charge in [-0.1, -0.05) is 0 Å². The van der Waals surface area contributed by atoms with Crippen LogP contribution in [-0.4, -0.2) is 12.6 Å². The maximum Gasteiger partial charge on any atom is 0.306 e. The number of rotatable bonds is 5. The van der Waals surface area contributed by atoms with Crippen LogP contribution in [0.2, 0.25) is 0 Å². The minimum Gasteiger partial charge on any atom is -0.466 e. The fourth-order valence-corrected chi connectivity index (χ4v) is 1.66. The van der Waals surface area contributed by atoms with Gasteiger partial charge < -0.3 is 4.74 Å². The Morgan fingerprint density at radius 2 is 1.94 bits per heavy atom. The second-order valence-corrected chi connectivity index (χ2v) is 3.74. The summed E-state index contributed by atoms with van der Waals surface area (Å²) in [7, 11) is 0. The molecule has 0 saturated carbocycles. The van der Waals surface area contributed by atoms with Crippen LogP contribution in [0.5, 0.6) is 0 Å². The minimum absolute atomic E-state index is 0.104. The fraction of sp³-hybridized carbons (Fsp3) is 0.417. The van der Waals surface area contributed by atoms with Crippen LogP contribution in [-0.2, 0) is 21.8 Å². The zero-order valence-corrected chi connectivity index (χ0v) is 10.2. The Morgan fingerprint density at radius 1 is 1.35 bits per heavy atom. The molecule has 0 saturated heterocycles. The van der Waals surface area contributed by atoms with E-state index in [-0.39, 0.29) is 30.3 Å². The molecule has 0 amide bonds. The molecule has 0 bridgehead atoms. The Labute approximate surface area is 104 Å². The van der Waals surface area contributed by atoms with E-state index in [4.69, 9.17) is 16.3 Å². The van der Waals surface area contributed by atoms with Gasteiger partial charge in [-0.25, -0.2) is 8.78 Å². The monoisotopic (exact) mass is 262 g/mol. The van der Waals surface area contributed by atoms with Crippen LogP contribution in [0, 0.1) is 11.6 Å². The SMILES string of the molecule is CCOC(=O)CCc1cc(F)c(CCl)c(F)c1. The Morgan fingerprint density at radius 3 is 2.41 bits per heavy atom. The first kappa shape index (κ1) is 13.9. The van der Waals surface area contributed by atoms with Crippen LogP contribution in [0.4, 0.5) is 8.78 Å². The van der Waals surface area contributed by atoms with Gasteiger partial charge in [0.1, 0.15) is 11.6 Å². The highest BCUT2D eigenvalue weighted by molar-refractivity contribution is 6.17. The van der Waals surface area contributed by atoms with Crippen LogP contribution in [0.15, 0.2) is 12.1 Å². The molecular formula is C12H13ClF2O2. The van der Waals surface area contributed by atoms with E-state index in [0.29, 0.717) is 12.2 Å². The maximum absolute atomic E-state index is 13.3. The van der Waals surface area contributed by atoms with Gasteiger partial charge in [0.05, 0.1) is 12.5 Å². The van der Waals surface area contributed by atoms with Crippen molar-refractivity contribution < 1.29 is 18.3 Å². The van der Waals surface area contributed by atoms with Gasteiger partial charge in [0.25, 0.3) is 0 Å². The lowest BCUT2D eigenvalue weighted by atomic mass is 10.1. The summed E-state index contributed by atoms with van der Waals surface area (Å²) in [6.45, 7) is 2.00. The molecule has 0 N–H and O–H groups in total. The van der Waals surface area contributed by atoms with Crippen molar-refractivity contribution in [1.29, 1.82) is 0 Å². The van der Waals surface area contributed by atoms with E-state index in [1.165, 1.54) is 12.1 Å². The van der Waals surface area contributed by atoms with Crippen molar-refractivity contribution in [3.8, 4) is 0 Å². The molecule has 1 aromatic carbocycles. The van der Waals surface area contributed by atoms with Crippen molar-refractivity contribution in [2.75, 3.05) is 6.61 Å². The molecule has 0 spiro atoms. The normalized spacial score (nSPS) is 10.4. The van der Waals surface area contributed by atoms with Crippen LogP contribution in [0.25, 0.3) is 0 Å². The third-order valence-corrected chi connectivity index (χ3v) is 2.52. The molecule has 1 rings (SSSR count). The van der Waals surface area contributed by atoms with Crippen LogP contribution >= 0.6 is 11.6 Å². The molecule has 0 unspecified atom stereocenters. The van der Waals surface area contributed by atoms with E-state index < -0.39 is 11.6 Å². The standard InChI is InChI=1S/C12H13ClF2O2/c1-2-17-12(16)4-3-8-5-10(14)9(7-13)11(15)6-8/h5-6H,2-4,7H2,1H3. The summed E-state index contributed by atoms with van der Waals surface area (Å²) in [5.41, 5.74) is 0.272. The number of benzene rings is 1. The van der Waals surface area contributed by atoms with E-state index in [2.05, 4.69) is 0 Å². The lowest BCUT2D eigenvalue weighted by Gasteiger charge is -2.06. The largest absolute Gasteiger partial charge is 0.466 e. The van der Waals surface area contributed by atoms with E-state index in [0.717, 1.165) is 0 Å². The smallest absolute Gasteiger partial charge is 0.306 e. The van der Waals surface area contributed by atoms with Gasteiger partial charge in [-0.15, -0.1) is 11.6 Å². The molecule has 94 valence electrons. The molecule has 0 aliphatic rings. The molecule has 1 aromatic rings. The molecule has 0 aromatic heterocycles. The summed E-state index contributed by atoms with van der Waals surface area (Å²) >= 11 is 5.40. The second-order valence-electron chi connectivity index (χ2n) is 3.48. The van der Waals surface area contributed by atoms with Gasteiger partial charge in [0, 0.05) is 12.0 Å². The van der Waals surface area contributed by atoms with Gasteiger partial charge in [0.15, 0.2) is 0 Å². The van der Waals surface area contributed by atoms with E-state index >= 15 is 0 Å². The highest BCUT2D eigenvalue weighted by Crippen LogP contribution is 2.18. The number of alkyl halides is 1. The van der Waals surface area contributed by atoms with Crippen molar-refractivity contribution in [2.24, 2.45) is 0 Å². The molecule has 17 heavy (non-hydrogen) atoms. The van der Waals surface area contributed by atoms with Crippen LogP contribution in [0.1, 0.15) is 24.5 Å². The minimum atomic E-state index is -0.682. The molecule has 0 atom stereocenters.